The number of Topliss-reactive ketones (excluding diaryl/α,β-unsaturated/α-hetero) is 1. The average Bonchev–Trinajstić information content (AvgIpc) is 3.42. The Bertz CT molecular complexity index is 1730. The van der Waals surface area contributed by atoms with Gasteiger partial charge >= 0.3 is 5.97 Å². The minimum Gasteiger partial charge on any atom is -0.467 e. The molecular formula is C31H25N5O5S. The summed E-state index contributed by atoms with van der Waals surface area (Å²) in [6.07, 6.45) is 0. The Hall–Kier alpha value is -5.21. The van der Waals surface area contributed by atoms with Crippen LogP contribution in [-0.2, 0) is 20.1 Å². The van der Waals surface area contributed by atoms with E-state index >= 15 is 0 Å². The molecule has 1 unspecified atom stereocenters. The van der Waals surface area contributed by atoms with Gasteiger partial charge in [-0.1, -0.05) is 48.5 Å². The summed E-state index contributed by atoms with van der Waals surface area (Å²) in [7, 11) is 1.25. The molecule has 2 atom stereocenters. The number of amides is 2. The Morgan fingerprint density at radius 3 is 2.36 bits per heavy atom. The fourth-order valence-electron chi connectivity index (χ4n) is 4.64. The van der Waals surface area contributed by atoms with E-state index < -0.39 is 35.5 Å². The van der Waals surface area contributed by atoms with E-state index in [-0.39, 0.29) is 11.4 Å². The topological polar surface area (TPSA) is 143 Å². The Morgan fingerprint density at radius 1 is 1.00 bits per heavy atom. The highest BCUT2D eigenvalue weighted by Gasteiger charge is 2.36. The summed E-state index contributed by atoms with van der Waals surface area (Å²) in [4.78, 5) is 52.5. The smallest absolute Gasteiger partial charge is 0.328 e. The highest BCUT2D eigenvalue weighted by Crippen LogP contribution is 2.45. The zero-order valence-corrected chi connectivity index (χ0v) is 23.5. The molecule has 1 aliphatic rings. The molecule has 2 heterocycles. The van der Waals surface area contributed by atoms with E-state index in [4.69, 9.17) is 4.74 Å². The van der Waals surface area contributed by atoms with Crippen LogP contribution >= 0.6 is 11.8 Å². The van der Waals surface area contributed by atoms with Crippen molar-refractivity contribution in [3.8, 4) is 23.0 Å². The SMILES string of the molecule is COC(=O)[C@H](C)NC(=O)c1cccc2c1SCc1c(C(=O)C(C#N)C(=O)Nc3ccccc3)nn(-c3ccccc3)c1-2. The summed E-state index contributed by atoms with van der Waals surface area (Å²) in [5.74, 6) is -3.87. The van der Waals surface area contributed by atoms with Crippen molar-refractivity contribution in [2.24, 2.45) is 5.92 Å². The van der Waals surface area contributed by atoms with Crippen LogP contribution < -0.4 is 10.6 Å². The van der Waals surface area contributed by atoms with Crippen molar-refractivity contribution in [1.29, 1.82) is 5.26 Å². The fraction of sp³-hybridized carbons (Fsp3) is 0.161. The third-order valence-electron chi connectivity index (χ3n) is 6.69. The molecule has 2 N–H and O–H groups in total. The maximum atomic E-state index is 13.7. The first-order chi connectivity index (χ1) is 20.3. The number of carbonyl (C=O) groups is 4. The number of ether oxygens (including phenoxy) is 1. The maximum absolute atomic E-state index is 13.7. The van der Waals surface area contributed by atoms with Gasteiger partial charge in [-0.3, -0.25) is 14.4 Å². The Kier molecular flexibility index (Phi) is 8.17. The number of rotatable bonds is 8. The number of benzene rings is 3. The first kappa shape index (κ1) is 28.3. The van der Waals surface area contributed by atoms with Crippen LogP contribution in [0.2, 0.25) is 0 Å². The number of hydrogen-bond donors (Lipinski definition) is 2. The number of aromatic nitrogens is 2. The standard InChI is InChI=1S/C31H25N5O5S/c1-18(31(40)41-2)33-29(38)22-15-9-14-21-26-24(17-42-28(21)22)25(35-36(26)20-12-7-4-8-13-20)27(37)23(16-32)30(39)34-19-10-5-3-6-11-19/h3-15,18,23H,17H2,1-2H3,(H,33,38)(H,34,39)/t18-,23?/m0/s1. The van der Waals surface area contributed by atoms with E-state index in [0.717, 1.165) is 0 Å². The van der Waals surface area contributed by atoms with Gasteiger partial charge in [0.05, 0.1) is 30.1 Å². The Balaban J connectivity index is 1.58. The van der Waals surface area contributed by atoms with Crippen molar-refractivity contribution in [1.82, 2.24) is 15.1 Å². The molecule has 210 valence electrons. The van der Waals surface area contributed by atoms with E-state index in [1.54, 1.807) is 47.1 Å². The Labute approximate surface area is 245 Å². The van der Waals surface area contributed by atoms with E-state index in [1.807, 2.05) is 42.5 Å². The number of nitriles is 1. The van der Waals surface area contributed by atoms with Gasteiger partial charge in [-0.15, -0.1) is 11.8 Å². The predicted molar refractivity (Wildman–Crippen MR) is 156 cm³/mol. The molecule has 2 amide bonds. The average molecular weight is 580 g/mol. The zero-order chi connectivity index (χ0) is 29.8. The normalized spacial score (nSPS) is 13.0. The minimum absolute atomic E-state index is 0.0101. The second-order valence-electron chi connectivity index (χ2n) is 9.39. The molecule has 1 aliphatic heterocycles. The van der Waals surface area contributed by atoms with Crippen LogP contribution in [0, 0.1) is 17.2 Å². The van der Waals surface area contributed by atoms with Crippen LogP contribution in [0.5, 0.6) is 0 Å². The molecule has 0 saturated heterocycles. The molecule has 0 saturated carbocycles. The van der Waals surface area contributed by atoms with Crippen LogP contribution in [0.4, 0.5) is 5.69 Å². The number of nitrogens with zero attached hydrogens (tertiary/aromatic N) is 3. The van der Waals surface area contributed by atoms with Crippen LogP contribution in [-0.4, -0.2) is 46.5 Å². The van der Waals surface area contributed by atoms with Crippen molar-refractivity contribution in [3.63, 3.8) is 0 Å². The van der Waals surface area contributed by atoms with Crippen LogP contribution in [0.1, 0.15) is 33.3 Å². The molecule has 11 heteroatoms. The number of ketones is 1. The molecule has 0 radical (unpaired) electrons. The van der Waals surface area contributed by atoms with Crippen molar-refractivity contribution in [2.45, 2.75) is 23.6 Å². The lowest BCUT2D eigenvalue weighted by molar-refractivity contribution is -0.142. The summed E-state index contributed by atoms with van der Waals surface area (Å²) in [6, 6.07) is 23.9. The molecule has 42 heavy (non-hydrogen) atoms. The highest BCUT2D eigenvalue weighted by molar-refractivity contribution is 7.98. The molecule has 0 aliphatic carbocycles. The molecule has 0 fully saturated rings. The van der Waals surface area contributed by atoms with Gasteiger partial charge in [-0.2, -0.15) is 10.4 Å². The molecule has 0 bridgehead atoms. The van der Waals surface area contributed by atoms with Gasteiger partial charge in [0.1, 0.15) is 11.7 Å². The third-order valence-corrected chi connectivity index (χ3v) is 7.85. The Morgan fingerprint density at radius 2 is 1.69 bits per heavy atom. The number of esters is 1. The molecule has 4 aromatic rings. The number of para-hydroxylation sites is 2. The summed E-state index contributed by atoms with van der Waals surface area (Å²) in [5.41, 5.74) is 3.26. The molecular weight excluding hydrogens is 554 g/mol. The molecule has 3 aromatic carbocycles. The molecule has 1 aromatic heterocycles. The van der Waals surface area contributed by atoms with E-state index in [1.165, 1.54) is 25.8 Å². The molecule has 10 nitrogen and oxygen atoms in total. The van der Waals surface area contributed by atoms with Gasteiger partial charge in [0.25, 0.3) is 5.91 Å². The monoisotopic (exact) mass is 579 g/mol. The number of thioether (sulfide) groups is 1. The van der Waals surface area contributed by atoms with Gasteiger partial charge < -0.3 is 15.4 Å². The van der Waals surface area contributed by atoms with E-state index in [9.17, 15) is 24.4 Å². The number of nitrogens with one attached hydrogen (secondary N) is 2. The number of fused-ring (bicyclic) bond motifs is 3. The van der Waals surface area contributed by atoms with E-state index in [2.05, 4.69) is 15.7 Å². The number of anilines is 1. The van der Waals surface area contributed by atoms with Crippen molar-refractivity contribution in [3.05, 3.63) is 95.7 Å². The summed E-state index contributed by atoms with van der Waals surface area (Å²) in [6.45, 7) is 1.53. The zero-order valence-electron chi connectivity index (χ0n) is 22.7. The third kappa shape index (κ3) is 5.40. The number of hydrogen-bond acceptors (Lipinski definition) is 8. The summed E-state index contributed by atoms with van der Waals surface area (Å²) >= 11 is 1.33. The van der Waals surface area contributed by atoms with Crippen molar-refractivity contribution >= 4 is 41.0 Å². The minimum atomic E-state index is -1.63. The second kappa shape index (κ2) is 12.1. The van der Waals surface area contributed by atoms with Crippen molar-refractivity contribution < 1.29 is 23.9 Å². The van der Waals surface area contributed by atoms with Crippen LogP contribution in [0.15, 0.2) is 83.8 Å². The van der Waals surface area contributed by atoms with Crippen molar-refractivity contribution in [2.75, 3.05) is 12.4 Å². The number of carbonyl (C=O) groups excluding carboxylic acids is 4. The lowest BCUT2D eigenvalue weighted by Crippen LogP contribution is -2.39. The predicted octanol–water partition coefficient (Wildman–Crippen LogP) is 4.40. The van der Waals surface area contributed by atoms with Crippen LogP contribution in [0.25, 0.3) is 16.9 Å². The lowest BCUT2D eigenvalue weighted by atomic mass is 9.96. The first-order valence-corrected chi connectivity index (χ1v) is 13.9. The lowest BCUT2D eigenvalue weighted by Gasteiger charge is -2.21. The van der Waals surface area contributed by atoms with Gasteiger partial charge in [-0.05, 0) is 37.3 Å². The van der Waals surface area contributed by atoms with Gasteiger partial charge in [-0.25, -0.2) is 9.48 Å². The summed E-state index contributed by atoms with van der Waals surface area (Å²) < 4.78 is 6.32. The van der Waals surface area contributed by atoms with Gasteiger partial charge in [0, 0.05) is 27.5 Å². The van der Waals surface area contributed by atoms with E-state index in [0.29, 0.717) is 38.7 Å². The van der Waals surface area contributed by atoms with Crippen LogP contribution in [0.3, 0.4) is 0 Å². The van der Waals surface area contributed by atoms with Gasteiger partial charge in [0.2, 0.25) is 11.7 Å². The number of methoxy groups -OCH3 is 1. The first-order valence-electron chi connectivity index (χ1n) is 13.0. The van der Waals surface area contributed by atoms with Gasteiger partial charge in [0.15, 0.2) is 5.92 Å². The molecule has 0 spiro atoms. The quantitative estimate of drug-likeness (QED) is 0.178. The molecule has 5 rings (SSSR count). The largest absolute Gasteiger partial charge is 0.467 e. The highest BCUT2D eigenvalue weighted by atomic mass is 32.2. The maximum Gasteiger partial charge on any atom is 0.328 e. The summed E-state index contributed by atoms with van der Waals surface area (Å²) in [5, 5.41) is 19.8. The fourth-order valence-corrected chi connectivity index (χ4v) is 5.84. The second-order valence-corrected chi connectivity index (χ2v) is 10.4.